The van der Waals surface area contributed by atoms with Crippen molar-refractivity contribution < 1.29 is 24.1 Å². The number of ether oxygens (including phenoxy) is 3. The second kappa shape index (κ2) is 12.7. The Morgan fingerprint density at radius 1 is 1.00 bits per heavy atom. The number of hydrogen-bond acceptors (Lipinski definition) is 5. The molecule has 4 rings (SSSR count). The van der Waals surface area contributed by atoms with Crippen LogP contribution >= 0.6 is 0 Å². The summed E-state index contributed by atoms with van der Waals surface area (Å²) in [6.45, 7) is 6.96. The van der Waals surface area contributed by atoms with E-state index in [1.54, 1.807) is 12.0 Å². The first-order valence-electron chi connectivity index (χ1n) is 13.7. The minimum Gasteiger partial charge on any atom is -0.496 e. The number of carbonyl (C=O) groups excluding carboxylic acids is 1. The number of rotatable bonds is 9. The minimum absolute atomic E-state index is 0.167. The average molecular weight is 532 g/mol. The summed E-state index contributed by atoms with van der Waals surface area (Å²) in [6.07, 6.45) is 1.20. The third kappa shape index (κ3) is 7.40. The molecule has 1 heterocycles. The number of benzene rings is 3. The SMILES string of the molecule is COc1ccccc1C(COCc1ccccc1)C[C@]1(O)CCCN(C(=O)OC(C)(C)C)[C@@H]1c1ccccc1. The van der Waals surface area contributed by atoms with Crippen molar-refractivity contribution in [2.75, 3.05) is 20.3 Å². The lowest BCUT2D eigenvalue weighted by Crippen LogP contribution is -2.54. The molecule has 3 aromatic carbocycles. The van der Waals surface area contributed by atoms with Crippen LogP contribution in [0.3, 0.4) is 0 Å². The third-order valence-electron chi connectivity index (χ3n) is 7.18. The van der Waals surface area contributed by atoms with Gasteiger partial charge in [-0.2, -0.15) is 0 Å². The maximum atomic E-state index is 13.4. The van der Waals surface area contributed by atoms with E-state index in [-0.39, 0.29) is 5.92 Å². The van der Waals surface area contributed by atoms with Crippen LogP contribution in [0.4, 0.5) is 4.79 Å². The molecule has 0 bridgehead atoms. The smallest absolute Gasteiger partial charge is 0.410 e. The molecule has 1 amide bonds. The summed E-state index contributed by atoms with van der Waals surface area (Å²) >= 11 is 0. The number of carbonyl (C=O) groups is 1. The number of aliphatic hydroxyl groups is 1. The lowest BCUT2D eigenvalue weighted by Gasteiger charge is -2.48. The molecule has 1 saturated heterocycles. The number of methoxy groups -OCH3 is 1. The Kier molecular flexibility index (Phi) is 9.31. The quantitative estimate of drug-likeness (QED) is 0.326. The Balaban J connectivity index is 1.67. The van der Waals surface area contributed by atoms with E-state index >= 15 is 0 Å². The molecular formula is C33H41NO5. The molecule has 0 radical (unpaired) electrons. The number of amides is 1. The van der Waals surface area contributed by atoms with E-state index in [0.29, 0.717) is 39.0 Å². The molecule has 6 heteroatoms. The molecule has 1 N–H and O–H groups in total. The Morgan fingerprint density at radius 3 is 2.31 bits per heavy atom. The van der Waals surface area contributed by atoms with E-state index in [4.69, 9.17) is 14.2 Å². The molecule has 1 unspecified atom stereocenters. The van der Waals surface area contributed by atoms with E-state index in [0.717, 1.165) is 22.4 Å². The summed E-state index contributed by atoms with van der Waals surface area (Å²) in [5.74, 6) is 0.588. The van der Waals surface area contributed by atoms with Crippen LogP contribution in [-0.4, -0.2) is 47.6 Å². The molecule has 6 nitrogen and oxygen atoms in total. The van der Waals surface area contributed by atoms with Gasteiger partial charge in [0.15, 0.2) is 0 Å². The van der Waals surface area contributed by atoms with Gasteiger partial charge in [0, 0.05) is 12.5 Å². The molecule has 0 aromatic heterocycles. The highest BCUT2D eigenvalue weighted by molar-refractivity contribution is 5.69. The summed E-state index contributed by atoms with van der Waals surface area (Å²) in [5, 5.41) is 12.5. The van der Waals surface area contributed by atoms with Gasteiger partial charge in [0.2, 0.25) is 0 Å². The third-order valence-corrected chi connectivity index (χ3v) is 7.18. The van der Waals surface area contributed by atoms with Crippen LogP contribution in [0.5, 0.6) is 5.75 Å². The highest BCUT2D eigenvalue weighted by Crippen LogP contribution is 2.46. The summed E-state index contributed by atoms with van der Waals surface area (Å²) < 4.78 is 17.7. The van der Waals surface area contributed by atoms with Gasteiger partial charge < -0.3 is 19.3 Å². The average Bonchev–Trinajstić information content (AvgIpc) is 2.92. The summed E-state index contributed by atoms with van der Waals surface area (Å²) in [4.78, 5) is 15.1. The van der Waals surface area contributed by atoms with Gasteiger partial charge in [-0.15, -0.1) is 0 Å². The molecule has 1 aliphatic rings. The minimum atomic E-state index is -1.21. The second-order valence-corrected chi connectivity index (χ2v) is 11.3. The molecular weight excluding hydrogens is 490 g/mol. The number of hydrogen-bond donors (Lipinski definition) is 1. The van der Waals surface area contributed by atoms with Crippen molar-refractivity contribution in [2.45, 2.75) is 69.8 Å². The first kappa shape index (κ1) is 28.7. The van der Waals surface area contributed by atoms with Crippen molar-refractivity contribution in [3.05, 3.63) is 102 Å². The Bertz CT molecular complexity index is 1190. The fraction of sp³-hybridized carbons (Fsp3) is 0.424. The fourth-order valence-corrected chi connectivity index (χ4v) is 5.55. The van der Waals surface area contributed by atoms with Gasteiger partial charge in [0.25, 0.3) is 0 Å². The van der Waals surface area contributed by atoms with Crippen LogP contribution in [0.25, 0.3) is 0 Å². The Morgan fingerprint density at radius 2 is 1.64 bits per heavy atom. The zero-order chi connectivity index (χ0) is 27.9. The van der Waals surface area contributed by atoms with Gasteiger partial charge in [-0.1, -0.05) is 78.9 Å². The fourth-order valence-electron chi connectivity index (χ4n) is 5.55. The predicted octanol–water partition coefficient (Wildman–Crippen LogP) is 6.89. The van der Waals surface area contributed by atoms with Crippen LogP contribution in [0.2, 0.25) is 0 Å². The largest absolute Gasteiger partial charge is 0.496 e. The molecule has 39 heavy (non-hydrogen) atoms. The van der Waals surface area contributed by atoms with Crippen LogP contribution in [0.15, 0.2) is 84.9 Å². The summed E-state index contributed by atoms with van der Waals surface area (Å²) in [5.41, 5.74) is 1.10. The van der Waals surface area contributed by atoms with Crippen LogP contribution in [-0.2, 0) is 16.1 Å². The van der Waals surface area contributed by atoms with Crippen molar-refractivity contribution in [3.8, 4) is 5.75 Å². The summed E-state index contributed by atoms with van der Waals surface area (Å²) in [6, 6.07) is 27.2. The molecule has 1 aliphatic heterocycles. The van der Waals surface area contributed by atoms with Gasteiger partial charge in [-0.3, -0.25) is 4.90 Å². The van der Waals surface area contributed by atoms with E-state index in [2.05, 4.69) is 0 Å². The number of nitrogens with zero attached hydrogens (tertiary/aromatic N) is 1. The number of para-hydroxylation sites is 1. The topological polar surface area (TPSA) is 68.2 Å². The first-order chi connectivity index (χ1) is 18.7. The normalized spacial score (nSPS) is 20.3. The van der Waals surface area contributed by atoms with Gasteiger partial charge in [0.05, 0.1) is 32.0 Å². The lowest BCUT2D eigenvalue weighted by atomic mass is 9.74. The number of piperidine rings is 1. The monoisotopic (exact) mass is 531 g/mol. The maximum Gasteiger partial charge on any atom is 0.410 e. The highest BCUT2D eigenvalue weighted by Gasteiger charge is 2.48. The Hall–Kier alpha value is -3.35. The molecule has 3 atom stereocenters. The van der Waals surface area contributed by atoms with Gasteiger partial charge in [0.1, 0.15) is 11.4 Å². The first-order valence-corrected chi connectivity index (χ1v) is 13.7. The van der Waals surface area contributed by atoms with E-state index in [9.17, 15) is 9.90 Å². The molecule has 0 aliphatic carbocycles. The van der Waals surface area contributed by atoms with Crippen LogP contribution < -0.4 is 4.74 Å². The van der Waals surface area contributed by atoms with Crippen molar-refractivity contribution in [1.29, 1.82) is 0 Å². The van der Waals surface area contributed by atoms with Crippen LogP contribution in [0, 0.1) is 0 Å². The van der Waals surface area contributed by atoms with Gasteiger partial charge in [-0.25, -0.2) is 4.79 Å². The molecule has 1 fully saturated rings. The standard InChI is InChI=1S/C33H41NO5/c1-32(2,3)39-31(35)34-21-13-20-33(36,30(34)26-16-9-6-10-17-26)22-27(28-18-11-12-19-29(28)37-4)24-38-23-25-14-7-5-8-15-25/h5-12,14-19,27,30,36H,13,20-24H2,1-4H3/t27?,30-,33-/m1/s1. The molecule has 3 aromatic rings. The maximum absolute atomic E-state index is 13.4. The van der Waals surface area contributed by atoms with Crippen molar-refractivity contribution in [2.24, 2.45) is 0 Å². The van der Waals surface area contributed by atoms with E-state index in [1.165, 1.54) is 0 Å². The summed E-state index contributed by atoms with van der Waals surface area (Å²) in [7, 11) is 1.66. The van der Waals surface area contributed by atoms with Gasteiger partial charge >= 0.3 is 6.09 Å². The van der Waals surface area contributed by atoms with Crippen molar-refractivity contribution in [3.63, 3.8) is 0 Å². The van der Waals surface area contributed by atoms with Crippen molar-refractivity contribution >= 4 is 6.09 Å². The predicted molar refractivity (Wildman–Crippen MR) is 153 cm³/mol. The molecule has 208 valence electrons. The second-order valence-electron chi connectivity index (χ2n) is 11.3. The molecule has 0 saturated carbocycles. The van der Waals surface area contributed by atoms with Crippen LogP contribution in [0.1, 0.15) is 68.7 Å². The van der Waals surface area contributed by atoms with Crippen molar-refractivity contribution in [1.82, 2.24) is 4.90 Å². The van der Waals surface area contributed by atoms with E-state index < -0.39 is 23.3 Å². The van der Waals surface area contributed by atoms with Gasteiger partial charge in [-0.05, 0) is 62.8 Å². The lowest BCUT2D eigenvalue weighted by molar-refractivity contribution is -0.0971. The highest BCUT2D eigenvalue weighted by atomic mass is 16.6. The number of likely N-dealkylation sites (tertiary alicyclic amines) is 1. The van der Waals surface area contributed by atoms with E-state index in [1.807, 2.05) is 106 Å². The zero-order valence-corrected chi connectivity index (χ0v) is 23.5. The Labute approximate surface area is 232 Å². The molecule has 0 spiro atoms. The zero-order valence-electron chi connectivity index (χ0n) is 23.5.